The van der Waals surface area contributed by atoms with E-state index >= 15 is 0 Å². The molecule has 128 valence electrons. The number of ether oxygens (including phenoxy) is 2. The minimum absolute atomic E-state index is 0.0508. The molecule has 1 aromatic heterocycles. The number of nitrogens with zero attached hydrogens (tertiary/aromatic N) is 3. The molecule has 8 heteroatoms. The maximum absolute atomic E-state index is 12.5. The number of esters is 1. The van der Waals surface area contributed by atoms with Gasteiger partial charge in [-0.05, 0) is 25.7 Å². The van der Waals surface area contributed by atoms with Gasteiger partial charge in [0, 0.05) is 26.7 Å². The largest absolute Gasteiger partial charge is 0.461 e. The SMILES string of the molecule is CCOC(=O)c1n[nH]nc1C1CCCN1C(=O)CC(C)COC. The molecule has 0 aromatic carbocycles. The molecule has 2 rings (SSSR count). The molecule has 8 nitrogen and oxygen atoms in total. The van der Waals surface area contributed by atoms with Crippen molar-refractivity contribution in [2.75, 3.05) is 26.9 Å². The average Bonchev–Trinajstić information content (AvgIpc) is 3.16. The Kier molecular flexibility index (Phi) is 6.09. The van der Waals surface area contributed by atoms with Crippen molar-refractivity contribution in [2.45, 2.75) is 39.2 Å². The van der Waals surface area contributed by atoms with E-state index in [-0.39, 0.29) is 30.2 Å². The molecule has 23 heavy (non-hydrogen) atoms. The number of aromatic nitrogens is 3. The van der Waals surface area contributed by atoms with E-state index in [2.05, 4.69) is 15.4 Å². The molecule has 1 aliphatic rings. The van der Waals surface area contributed by atoms with Crippen LogP contribution in [0.2, 0.25) is 0 Å². The van der Waals surface area contributed by atoms with Crippen LogP contribution in [0.3, 0.4) is 0 Å². The molecule has 1 amide bonds. The molecular weight excluding hydrogens is 300 g/mol. The maximum atomic E-state index is 12.5. The van der Waals surface area contributed by atoms with Gasteiger partial charge < -0.3 is 14.4 Å². The summed E-state index contributed by atoms with van der Waals surface area (Å²) in [7, 11) is 1.63. The highest BCUT2D eigenvalue weighted by Crippen LogP contribution is 2.33. The van der Waals surface area contributed by atoms with Crippen LogP contribution in [0.5, 0.6) is 0 Å². The first kappa shape index (κ1) is 17.4. The lowest BCUT2D eigenvalue weighted by atomic mass is 10.1. The highest BCUT2D eigenvalue weighted by Gasteiger charge is 2.35. The lowest BCUT2D eigenvalue weighted by molar-refractivity contribution is -0.133. The molecule has 1 N–H and O–H groups in total. The molecule has 1 fully saturated rings. The lowest BCUT2D eigenvalue weighted by Crippen LogP contribution is -2.33. The number of likely N-dealkylation sites (tertiary alicyclic amines) is 1. The number of amides is 1. The number of methoxy groups -OCH3 is 1. The Morgan fingerprint density at radius 1 is 1.43 bits per heavy atom. The minimum atomic E-state index is -0.511. The van der Waals surface area contributed by atoms with Crippen molar-refractivity contribution < 1.29 is 19.1 Å². The lowest BCUT2D eigenvalue weighted by Gasteiger charge is -2.25. The molecular formula is C15H24N4O4. The van der Waals surface area contributed by atoms with Crippen molar-refractivity contribution in [2.24, 2.45) is 5.92 Å². The van der Waals surface area contributed by atoms with Crippen LogP contribution in [0.25, 0.3) is 0 Å². The standard InChI is InChI=1S/C15H24N4O4/c1-4-23-15(21)14-13(16-18-17-14)11-6-5-7-19(11)12(20)8-10(2)9-22-3/h10-11H,4-9H2,1-3H3,(H,16,17,18). The van der Waals surface area contributed by atoms with Gasteiger partial charge in [-0.1, -0.05) is 6.92 Å². The third kappa shape index (κ3) is 4.07. The summed E-state index contributed by atoms with van der Waals surface area (Å²) in [5.41, 5.74) is 0.662. The summed E-state index contributed by atoms with van der Waals surface area (Å²) in [4.78, 5) is 26.3. The molecule has 0 saturated carbocycles. The van der Waals surface area contributed by atoms with Crippen LogP contribution in [0.15, 0.2) is 0 Å². The Hall–Kier alpha value is -1.96. The van der Waals surface area contributed by atoms with E-state index in [9.17, 15) is 9.59 Å². The Morgan fingerprint density at radius 3 is 2.91 bits per heavy atom. The van der Waals surface area contributed by atoms with E-state index < -0.39 is 5.97 Å². The zero-order chi connectivity index (χ0) is 16.8. The predicted molar refractivity (Wildman–Crippen MR) is 81.7 cm³/mol. The zero-order valence-electron chi connectivity index (χ0n) is 13.9. The van der Waals surface area contributed by atoms with E-state index in [1.54, 1.807) is 18.9 Å². The quantitative estimate of drug-likeness (QED) is 0.760. The molecule has 0 aliphatic carbocycles. The van der Waals surface area contributed by atoms with Gasteiger partial charge in [0.1, 0.15) is 5.69 Å². The minimum Gasteiger partial charge on any atom is -0.461 e. The first-order chi connectivity index (χ1) is 11.1. The van der Waals surface area contributed by atoms with Gasteiger partial charge in [0.05, 0.1) is 12.6 Å². The van der Waals surface area contributed by atoms with Gasteiger partial charge in [-0.3, -0.25) is 4.79 Å². The van der Waals surface area contributed by atoms with Gasteiger partial charge in [0.25, 0.3) is 0 Å². The number of rotatable bonds is 7. The summed E-state index contributed by atoms with van der Waals surface area (Å²) in [6.45, 7) is 5.19. The molecule has 2 unspecified atom stereocenters. The number of H-pyrrole nitrogens is 1. The third-order valence-electron chi connectivity index (χ3n) is 3.91. The smallest absolute Gasteiger partial charge is 0.360 e. The molecule has 2 atom stereocenters. The average molecular weight is 324 g/mol. The Labute approximate surface area is 135 Å². The Balaban J connectivity index is 2.11. The second-order valence-corrected chi connectivity index (χ2v) is 5.79. The molecule has 0 radical (unpaired) electrons. The van der Waals surface area contributed by atoms with Gasteiger partial charge in [-0.15, -0.1) is 5.10 Å². The number of aromatic amines is 1. The fourth-order valence-corrected chi connectivity index (χ4v) is 2.93. The molecule has 1 aliphatic heterocycles. The van der Waals surface area contributed by atoms with Crippen LogP contribution in [0, 0.1) is 5.92 Å². The van der Waals surface area contributed by atoms with E-state index in [0.29, 0.717) is 25.3 Å². The number of hydrogen-bond donors (Lipinski definition) is 1. The third-order valence-corrected chi connectivity index (χ3v) is 3.91. The van der Waals surface area contributed by atoms with Crippen molar-refractivity contribution in [1.29, 1.82) is 0 Å². The van der Waals surface area contributed by atoms with Crippen molar-refractivity contribution in [3.8, 4) is 0 Å². The van der Waals surface area contributed by atoms with Crippen LogP contribution >= 0.6 is 0 Å². The first-order valence-corrected chi connectivity index (χ1v) is 7.94. The molecule has 1 aromatic rings. The predicted octanol–water partition coefficient (Wildman–Crippen LogP) is 1.32. The molecule has 1 saturated heterocycles. The summed E-state index contributed by atoms with van der Waals surface area (Å²) < 4.78 is 10.1. The van der Waals surface area contributed by atoms with Crippen molar-refractivity contribution >= 4 is 11.9 Å². The second kappa shape index (κ2) is 8.05. The highest BCUT2D eigenvalue weighted by molar-refractivity contribution is 5.88. The Morgan fingerprint density at radius 2 is 2.22 bits per heavy atom. The van der Waals surface area contributed by atoms with Crippen molar-refractivity contribution in [3.63, 3.8) is 0 Å². The summed E-state index contributed by atoms with van der Waals surface area (Å²) in [6, 6.07) is -0.226. The number of carbonyl (C=O) groups is 2. The zero-order valence-corrected chi connectivity index (χ0v) is 13.9. The fraction of sp³-hybridized carbons (Fsp3) is 0.733. The van der Waals surface area contributed by atoms with Gasteiger partial charge in [0.2, 0.25) is 5.91 Å². The second-order valence-electron chi connectivity index (χ2n) is 5.79. The van der Waals surface area contributed by atoms with Gasteiger partial charge >= 0.3 is 5.97 Å². The van der Waals surface area contributed by atoms with E-state index in [1.807, 2.05) is 6.92 Å². The summed E-state index contributed by atoms with van der Waals surface area (Å²) in [5, 5.41) is 10.5. The summed E-state index contributed by atoms with van der Waals surface area (Å²) in [6.07, 6.45) is 2.06. The Bertz CT molecular complexity index is 545. The van der Waals surface area contributed by atoms with E-state index in [1.165, 1.54) is 0 Å². The molecule has 0 bridgehead atoms. The maximum Gasteiger partial charge on any atom is 0.360 e. The van der Waals surface area contributed by atoms with Gasteiger partial charge in [0.15, 0.2) is 5.69 Å². The molecule has 0 spiro atoms. The van der Waals surface area contributed by atoms with Crippen LogP contribution in [-0.2, 0) is 14.3 Å². The van der Waals surface area contributed by atoms with Crippen LogP contribution in [-0.4, -0.2) is 59.1 Å². The number of hydrogen-bond acceptors (Lipinski definition) is 6. The van der Waals surface area contributed by atoms with Crippen LogP contribution < -0.4 is 0 Å². The van der Waals surface area contributed by atoms with E-state index in [4.69, 9.17) is 9.47 Å². The summed E-state index contributed by atoms with van der Waals surface area (Å²) >= 11 is 0. The highest BCUT2D eigenvalue weighted by atomic mass is 16.5. The number of carbonyl (C=O) groups excluding carboxylic acids is 2. The fourth-order valence-electron chi connectivity index (χ4n) is 2.93. The van der Waals surface area contributed by atoms with Crippen LogP contribution in [0.1, 0.15) is 55.3 Å². The monoisotopic (exact) mass is 324 g/mol. The van der Waals surface area contributed by atoms with Gasteiger partial charge in [-0.25, -0.2) is 4.79 Å². The summed E-state index contributed by atoms with van der Waals surface area (Å²) in [5.74, 6) is -0.311. The van der Waals surface area contributed by atoms with E-state index in [0.717, 1.165) is 12.8 Å². The van der Waals surface area contributed by atoms with Gasteiger partial charge in [-0.2, -0.15) is 10.3 Å². The van der Waals surface area contributed by atoms with Crippen LogP contribution in [0.4, 0.5) is 0 Å². The molecule has 2 heterocycles. The first-order valence-electron chi connectivity index (χ1n) is 7.94. The van der Waals surface area contributed by atoms with Crippen molar-refractivity contribution in [3.05, 3.63) is 11.4 Å². The topological polar surface area (TPSA) is 97.4 Å². The normalized spacial score (nSPS) is 18.9. The number of nitrogens with one attached hydrogen (secondary N) is 1. The van der Waals surface area contributed by atoms with Crippen molar-refractivity contribution in [1.82, 2.24) is 20.3 Å².